The number of fused-ring (bicyclic) bond motifs is 1. The number of benzene rings is 2. The Morgan fingerprint density at radius 2 is 1.63 bits per heavy atom. The minimum atomic E-state index is -0.702. The molecule has 9 nitrogen and oxygen atoms in total. The molecular formula is C32H38N4O5. The van der Waals surface area contributed by atoms with Gasteiger partial charge in [-0.05, 0) is 77.3 Å². The normalized spacial score (nSPS) is 11.8. The van der Waals surface area contributed by atoms with Gasteiger partial charge in [0.2, 0.25) is 0 Å². The van der Waals surface area contributed by atoms with Gasteiger partial charge in [-0.2, -0.15) is 5.10 Å². The minimum Gasteiger partial charge on any atom is -0.489 e. The molecule has 0 atom stereocenters. The predicted octanol–water partition coefficient (Wildman–Crippen LogP) is 6.84. The van der Waals surface area contributed by atoms with E-state index in [1.54, 1.807) is 23.0 Å². The quantitative estimate of drug-likeness (QED) is 0.208. The largest absolute Gasteiger partial charge is 0.489 e. The lowest BCUT2D eigenvalue weighted by Crippen LogP contribution is -2.38. The highest BCUT2D eigenvalue weighted by Gasteiger charge is 2.26. The second-order valence-electron chi connectivity index (χ2n) is 11.7. The summed E-state index contributed by atoms with van der Waals surface area (Å²) >= 11 is 0. The third kappa shape index (κ3) is 8.54. The van der Waals surface area contributed by atoms with Gasteiger partial charge in [-0.3, -0.25) is 9.69 Å². The highest BCUT2D eigenvalue weighted by atomic mass is 16.6. The van der Waals surface area contributed by atoms with Gasteiger partial charge >= 0.3 is 12.1 Å². The maximum Gasteiger partial charge on any atom is 0.416 e. The molecule has 9 heteroatoms. The highest BCUT2D eigenvalue weighted by molar-refractivity contribution is 5.88. The number of ether oxygens (including phenoxy) is 3. The van der Waals surface area contributed by atoms with E-state index in [1.165, 1.54) is 4.90 Å². The van der Waals surface area contributed by atoms with Gasteiger partial charge in [0.1, 0.15) is 29.4 Å². The van der Waals surface area contributed by atoms with Crippen molar-refractivity contribution in [2.75, 3.05) is 11.4 Å². The van der Waals surface area contributed by atoms with Gasteiger partial charge in [0, 0.05) is 24.7 Å². The summed E-state index contributed by atoms with van der Waals surface area (Å²) in [5, 5.41) is 4.46. The number of amides is 1. The minimum absolute atomic E-state index is 0.159. The van der Waals surface area contributed by atoms with Crippen molar-refractivity contribution >= 4 is 23.5 Å². The van der Waals surface area contributed by atoms with Gasteiger partial charge in [0.25, 0.3) is 0 Å². The number of carbonyl (C=O) groups is 2. The van der Waals surface area contributed by atoms with Crippen molar-refractivity contribution in [3.8, 4) is 16.9 Å². The Balaban J connectivity index is 1.58. The molecule has 216 valence electrons. The summed E-state index contributed by atoms with van der Waals surface area (Å²) in [7, 11) is 0. The summed E-state index contributed by atoms with van der Waals surface area (Å²) in [6.07, 6.45) is 3.49. The first-order chi connectivity index (χ1) is 19.4. The Morgan fingerprint density at radius 1 is 0.902 bits per heavy atom. The molecule has 0 saturated heterocycles. The first-order valence-electron chi connectivity index (χ1n) is 13.7. The van der Waals surface area contributed by atoms with Crippen LogP contribution in [0.25, 0.3) is 16.8 Å². The first kappa shape index (κ1) is 29.6. The molecule has 0 bridgehead atoms. The van der Waals surface area contributed by atoms with E-state index < -0.39 is 17.3 Å². The van der Waals surface area contributed by atoms with Crippen LogP contribution in [0.5, 0.6) is 5.75 Å². The molecule has 4 aromatic rings. The lowest BCUT2D eigenvalue weighted by atomic mass is 10.1. The van der Waals surface area contributed by atoms with Gasteiger partial charge in [-0.15, -0.1) is 0 Å². The molecule has 1 amide bonds. The van der Waals surface area contributed by atoms with E-state index in [0.29, 0.717) is 24.5 Å². The fourth-order valence-electron chi connectivity index (χ4n) is 4.10. The number of hydrogen-bond donors (Lipinski definition) is 0. The summed E-state index contributed by atoms with van der Waals surface area (Å²) in [5.41, 5.74) is 2.04. The van der Waals surface area contributed by atoms with Crippen molar-refractivity contribution in [3.63, 3.8) is 0 Å². The fourth-order valence-corrected chi connectivity index (χ4v) is 4.10. The van der Waals surface area contributed by atoms with E-state index in [2.05, 4.69) is 5.10 Å². The van der Waals surface area contributed by atoms with Crippen molar-refractivity contribution < 1.29 is 23.8 Å². The smallest absolute Gasteiger partial charge is 0.416 e. The van der Waals surface area contributed by atoms with Crippen LogP contribution in [0, 0.1) is 0 Å². The Morgan fingerprint density at radius 3 is 2.34 bits per heavy atom. The first-order valence-corrected chi connectivity index (χ1v) is 13.7. The second-order valence-corrected chi connectivity index (χ2v) is 11.7. The molecule has 0 unspecified atom stereocenters. The standard InChI is InChI=1S/C32H38N4O5/c1-31(2,3)40-28(37)16-11-18-35(30(38)41-32(4,5)6)27-17-19-36-29(34-27)26(21-33-36)24-14-10-15-25(20-24)39-22-23-12-8-7-9-13-23/h7-10,12-15,17,19-21H,11,16,18,22H2,1-6H3. The molecule has 41 heavy (non-hydrogen) atoms. The number of hydrogen-bond acceptors (Lipinski definition) is 7. The molecule has 0 N–H and O–H groups in total. The van der Waals surface area contributed by atoms with Gasteiger partial charge < -0.3 is 14.2 Å². The van der Waals surface area contributed by atoms with Crippen LogP contribution >= 0.6 is 0 Å². The van der Waals surface area contributed by atoms with Crippen LogP contribution in [-0.2, 0) is 20.9 Å². The summed E-state index contributed by atoms with van der Waals surface area (Å²) in [6.45, 7) is 11.6. The number of aromatic nitrogens is 3. The van der Waals surface area contributed by atoms with E-state index in [0.717, 1.165) is 22.4 Å². The molecule has 4 rings (SSSR count). The molecule has 0 aliphatic heterocycles. The van der Waals surface area contributed by atoms with Crippen LogP contribution < -0.4 is 9.64 Å². The van der Waals surface area contributed by atoms with Crippen LogP contribution in [0.3, 0.4) is 0 Å². The maximum absolute atomic E-state index is 13.2. The molecule has 2 aromatic carbocycles. The zero-order chi connectivity index (χ0) is 29.6. The molecular weight excluding hydrogens is 520 g/mol. The summed E-state index contributed by atoms with van der Waals surface area (Å²) in [5.74, 6) is 0.797. The van der Waals surface area contributed by atoms with Crippen LogP contribution in [0.2, 0.25) is 0 Å². The summed E-state index contributed by atoms with van der Waals surface area (Å²) in [4.78, 5) is 31.8. The molecule has 0 radical (unpaired) electrons. The Bertz CT molecular complexity index is 1490. The zero-order valence-electron chi connectivity index (χ0n) is 24.6. The lowest BCUT2D eigenvalue weighted by Gasteiger charge is -2.27. The topological polar surface area (TPSA) is 95.3 Å². The van der Waals surface area contributed by atoms with Gasteiger partial charge in [-0.25, -0.2) is 14.3 Å². The second kappa shape index (κ2) is 12.4. The van der Waals surface area contributed by atoms with Crippen LogP contribution in [0.4, 0.5) is 10.6 Å². The van der Waals surface area contributed by atoms with Crippen molar-refractivity contribution in [1.82, 2.24) is 14.6 Å². The Labute approximate surface area is 241 Å². The average Bonchev–Trinajstić information content (AvgIpc) is 3.32. The average molecular weight is 559 g/mol. The number of carbonyl (C=O) groups excluding carboxylic acids is 2. The molecule has 0 saturated carbocycles. The number of anilines is 1. The van der Waals surface area contributed by atoms with E-state index in [1.807, 2.05) is 96.1 Å². The van der Waals surface area contributed by atoms with Crippen molar-refractivity contribution in [1.29, 1.82) is 0 Å². The van der Waals surface area contributed by atoms with E-state index in [4.69, 9.17) is 19.2 Å². The monoisotopic (exact) mass is 558 g/mol. The number of rotatable bonds is 9. The summed E-state index contributed by atoms with van der Waals surface area (Å²) < 4.78 is 18.8. The molecule has 2 heterocycles. The molecule has 0 fully saturated rings. The van der Waals surface area contributed by atoms with Crippen LogP contribution in [-0.4, -0.2) is 44.4 Å². The van der Waals surface area contributed by atoms with Crippen molar-refractivity contribution in [2.45, 2.75) is 72.2 Å². The molecule has 2 aromatic heterocycles. The van der Waals surface area contributed by atoms with E-state index in [-0.39, 0.29) is 18.9 Å². The maximum atomic E-state index is 13.2. The Kier molecular flexibility index (Phi) is 8.95. The number of nitrogens with zero attached hydrogens (tertiary/aromatic N) is 4. The third-order valence-electron chi connectivity index (χ3n) is 5.82. The third-order valence-corrected chi connectivity index (χ3v) is 5.82. The predicted molar refractivity (Wildman–Crippen MR) is 158 cm³/mol. The van der Waals surface area contributed by atoms with Crippen molar-refractivity contribution in [3.05, 3.63) is 78.6 Å². The van der Waals surface area contributed by atoms with Gasteiger partial charge in [0.05, 0.1) is 6.20 Å². The highest BCUT2D eigenvalue weighted by Crippen LogP contribution is 2.29. The molecule has 0 spiro atoms. The molecule has 0 aliphatic rings. The summed E-state index contributed by atoms with van der Waals surface area (Å²) in [6, 6.07) is 19.4. The fraction of sp³-hybridized carbons (Fsp3) is 0.375. The van der Waals surface area contributed by atoms with Crippen molar-refractivity contribution in [2.24, 2.45) is 0 Å². The number of esters is 1. The molecule has 0 aliphatic carbocycles. The zero-order valence-corrected chi connectivity index (χ0v) is 24.6. The Hall–Kier alpha value is -4.40. The SMILES string of the molecule is CC(C)(C)OC(=O)CCCN(C(=O)OC(C)(C)C)c1ccn2ncc(-c3cccc(OCc4ccccc4)c3)c2n1. The van der Waals surface area contributed by atoms with E-state index in [9.17, 15) is 9.59 Å². The van der Waals surface area contributed by atoms with Crippen LogP contribution in [0.15, 0.2) is 73.1 Å². The lowest BCUT2D eigenvalue weighted by molar-refractivity contribution is -0.154. The van der Waals surface area contributed by atoms with Crippen LogP contribution in [0.1, 0.15) is 59.9 Å². The van der Waals surface area contributed by atoms with Gasteiger partial charge in [-0.1, -0.05) is 42.5 Å². The van der Waals surface area contributed by atoms with Gasteiger partial charge in [0.15, 0.2) is 5.65 Å². The van der Waals surface area contributed by atoms with E-state index >= 15 is 0 Å².